The second kappa shape index (κ2) is 3.93. The minimum Gasteiger partial charge on any atom is -0.324 e. The summed E-state index contributed by atoms with van der Waals surface area (Å²) in [6.07, 6.45) is 0.770. The monoisotopic (exact) mass is 251 g/mol. The standard InChI is InChI=1S/C9H9N5S2/c10-5-8-13-14-7(11-12-9(14)16-8)4-6-2-1-3-15-6/h1-3H,4-5,10H2. The number of nitrogens with two attached hydrogens (primary N) is 1. The first kappa shape index (κ1) is 9.88. The Hall–Kier alpha value is -1.31. The van der Waals surface area contributed by atoms with Crippen LogP contribution in [-0.2, 0) is 13.0 Å². The van der Waals surface area contributed by atoms with Gasteiger partial charge in [-0.2, -0.15) is 9.61 Å². The van der Waals surface area contributed by atoms with E-state index < -0.39 is 0 Å². The highest BCUT2D eigenvalue weighted by Gasteiger charge is 2.11. The maximum atomic E-state index is 5.55. The number of fused-ring (bicyclic) bond motifs is 1. The molecule has 0 radical (unpaired) electrons. The Morgan fingerprint density at radius 2 is 2.31 bits per heavy atom. The molecule has 3 aromatic heterocycles. The zero-order chi connectivity index (χ0) is 11.0. The summed E-state index contributed by atoms with van der Waals surface area (Å²) in [5, 5.41) is 15.5. The molecule has 16 heavy (non-hydrogen) atoms. The second-order valence-electron chi connectivity index (χ2n) is 3.27. The lowest BCUT2D eigenvalue weighted by molar-refractivity contribution is 0.825. The van der Waals surface area contributed by atoms with Gasteiger partial charge in [-0.25, -0.2) is 0 Å². The molecule has 0 fully saturated rings. The predicted octanol–water partition coefficient (Wildman–Crippen LogP) is 1.30. The molecule has 82 valence electrons. The average molecular weight is 251 g/mol. The molecule has 0 spiro atoms. The van der Waals surface area contributed by atoms with Crippen LogP contribution in [0.2, 0.25) is 0 Å². The molecular formula is C9H9N5S2. The van der Waals surface area contributed by atoms with Crippen LogP contribution in [0.5, 0.6) is 0 Å². The highest BCUT2D eigenvalue weighted by Crippen LogP contribution is 2.17. The van der Waals surface area contributed by atoms with Gasteiger partial charge in [0.15, 0.2) is 5.82 Å². The Bertz CT molecular complexity index is 595. The highest BCUT2D eigenvalue weighted by molar-refractivity contribution is 7.16. The van der Waals surface area contributed by atoms with E-state index >= 15 is 0 Å². The van der Waals surface area contributed by atoms with Crippen molar-refractivity contribution in [1.82, 2.24) is 19.8 Å². The lowest BCUT2D eigenvalue weighted by Gasteiger charge is -1.92. The third kappa shape index (κ3) is 1.62. The summed E-state index contributed by atoms with van der Waals surface area (Å²) in [5.41, 5.74) is 5.55. The summed E-state index contributed by atoms with van der Waals surface area (Å²) < 4.78 is 1.78. The van der Waals surface area contributed by atoms with Crippen LogP contribution in [0.1, 0.15) is 15.7 Å². The molecule has 3 aromatic rings. The van der Waals surface area contributed by atoms with Crippen LogP contribution in [0, 0.1) is 0 Å². The van der Waals surface area contributed by atoms with Crippen molar-refractivity contribution in [2.75, 3.05) is 0 Å². The fraction of sp³-hybridized carbons (Fsp3) is 0.222. The van der Waals surface area contributed by atoms with Crippen molar-refractivity contribution < 1.29 is 0 Å². The van der Waals surface area contributed by atoms with Gasteiger partial charge < -0.3 is 5.73 Å². The van der Waals surface area contributed by atoms with Crippen molar-refractivity contribution in [2.45, 2.75) is 13.0 Å². The molecule has 0 saturated heterocycles. The van der Waals surface area contributed by atoms with E-state index in [1.54, 1.807) is 15.9 Å². The van der Waals surface area contributed by atoms with Crippen molar-refractivity contribution in [3.63, 3.8) is 0 Å². The molecular weight excluding hydrogens is 242 g/mol. The number of nitrogens with zero attached hydrogens (tertiary/aromatic N) is 4. The Morgan fingerprint density at radius 1 is 1.38 bits per heavy atom. The third-order valence-electron chi connectivity index (χ3n) is 2.18. The smallest absolute Gasteiger partial charge is 0.234 e. The molecule has 0 atom stereocenters. The van der Waals surface area contributed by atoms with E-state index in [0.717, 1.165) is 22.2 Å². The van der Waals surface area contributed by atoms with Crippen LogP contribution in [0.15, 0.2) is 17.5 Å². The normalized spacial score (nSPS) is 11.3. The summed E-state index contributed by atoms with van der Waals surface area (Å²) in [7, 11) is 0. The fourth-order valence-corrected chi connectivity index (χ4v) is 2.89. The van der Waals surface area contributed by atoms with E-state index in [1.165, 1.54) is 16.2 Å². The van der Waals surface area contributed by atoms with Gasteiger partial charge in [0.05, 0.1) is 0 Å². The first-order valence-corrected chi connectivity index (χ1v) is 6.49. The molecule has 2 N–H and O–H groups in total. The van der Waals surface area contributed by atoms with Crippen LogP contribution >= 0.6 is 22.7 Å². The van der Waals surface area contributed by atoms with E-state index in [4.69, 9.17) is 5.73 Å². The molecule has 0 unspecified atom stereocenters. The van der Waals surface area contributed by atoms with Gasteiger partial charge in [0, 0.05) is 17.8 Å². The zero-order valence-electron chi connectivity index (χ0n) is 8.33. The van der Waals surface area contributed by atoms with Crippen LogP contribution < -0.4 is 5.73 Å². The molecule has 3 rings (SSSR count). The molecule has 0 aliphatic carbocycles. The van der Waals surface area contributed by atoms with Gasteiger partial charge in [-0.1, -0.05) is 17.4 Å². The van der Waals surface area contributed by atoms with Crippen molar-refractivity contribution in [3.05, 3.63) is 33.2 Å². The lowest BCUT2D eigenvalue weighted by Crippen LogP contribution is -2.00. The van der Waals surface area contributed by atoms with E-state index in [1.807, 2.05) is 6.07 Å². The molecule has 0 aliphatic rings. The molecule has 0 saturated carbocycles. The second-order valence-corrected chi connectivity index (χ2v) is 5.34. The van der Waals surface area contributed by atoms with E-state index in [9.17, 15) is 0 Å². The maximum Gasteiger partial charge on any atom is 0.234 e. The first-order valence-electron chi connectivity index (χ1n) is 4.79. The number of hydrogen-bond donors (Lipinski definition) is 1. The number of hydrogen-bond acceptors (Lipinski definition) is 6. The van der Waals surface area contributed by atoms with E-state index in [0.29, 0.717) is 6.54 Å². The topological polar surface area (TPSA) is 69.1 Å². The highest BCUT2D eigenvalue weighted by atomic mass is 32.1. The van der Waals surface area contributed by atoms with Crippen LogP contribution in [0.3, 0.4) is 0 Å². The summed E-state index contributed by atoms with van der Waals surface area (Å²) >= 11 is 3.20. The van der Waals surface area contributed by atoms with Crippen LogP contribution in [0.25, 0.3) is 4.96 Å². The fourth-order valence-electron chi connectivity index (χ4n) is 1.46. The number of rotatable bonds is 3. The van der Waals surface area contributed by atoms with Gasteiger partial charge in [-0.15, -0.1) is 21.5 Å². The van der Waals surface area contributed by atoms with Crippen molar-refractivity contribution in [3.8, 4) is 0 Å². The summed E-state index contributed by atoms with van der Waals surface area (Å²) in [6, 6.07) is 4.12. The zero-order valence-corrected chi connectivity index (χ0v) is 9.96. The van der Waals surface area contributed by atoms with Gasteiger partial charge in [-0.05, 0) is 11.4 Å². The van der Waals surface area contributed by atoms with Gasteiger partial charge in [-0.3, -0.25) is 0 Å². The van der Waals surface area contributed by atoms with Gasteiger partial charge >= 0.3 is 0 Å². The summed E-state index contributed by atoms with van der Waals surface area (Å²) in [6.45, 7) is 0.451. The quantitative estimate of drug-likeness (QED) is 0.761. The average Bonchev–Trinajstić information content (AvgIpc) is 2.97. The number of thiophene rings is 1. The van der Waals surface area contributed by atoms with Gasteiger partial charge in [0.25, 0.3) is 0 Å². The van der Waals surface area contributed by atoms with Gasteiger partial charge in [0.1, 0.15) is 5.01 Å². The minimum atomic E-state index is 0.451. The Morgan fingerprint density at radius 3 is 3.06 bits per heavy atom. The van der Waals surface area contributed by atoms with E-state index in [2.05, 4.69) is 26.7 Å². The van der Waals surface area contributed by atoms with Gasteiger partial charge in [0.2, 0.25) is 4.96 Å². The molecule has 0 bridgehead atoms. The summed E-state index contributed by atoms with van der Waals surface area (Å²) in [5.74, 6) is 0.869. The molecule has 0 aliphatic heterocycles. The maximum absolute atomic E-state index is 5.55. The Balaban J connectivity index is 2.00. The molecule has 3 heterocycles. The Kier molecular flexibility index (Phi) is 2.43. The molecule has 0 amide bonds. The SMILES string of the molecule is NCc1nn2c(Cc3cccs3)nnc2s1. The lowest BCUT2D eigenvalue weighted by atomic mass is 10.3. The van der Waals surface area contributed by atoms with Crippen molar-refractivity contribution >= 4 is 27.6 Å². The number of aromatic nitrogens is 4. The first-order chi connectivity index (χ1) is 7.86. The molecule has 0 aromatic carbocycles. The predicted molar refractivity (Wildman–Crippen MR) is 63.7 cm³/mol. The largest absolute Gasteiger partial charge is 0.324 e. The molecule has 7 heteroatoms. The van der Waals surface area contributed by atoms with Crippen molar-refractivity contribution in [1.29, 1.82) is 0 Å². The molecule has 5 nitrogen and oxygen atoms in total. The third-order valence-corrected chi connectivity index (χ3v) is 3.98. The summed E-state index contributed by atoms with van der Waals surface area (Å²) in [4.78, 5) is 2.07. The minimum absolute atomic E-state index is 0.451. The van der Waals surface area contributed by atoms with E-state index in [-0.39, 0.29) is 0 Å². The van der Waals surface area contributed by atoms with Crippen LogP contribution in [0.4, 0.5) is 0 Å². The van der Waals surface area contributed by atoms with Crippen LogP contribution in [-0.4, -0.2) is 19.8 Å². The Labute approximate surface area is 99.6 Å². The van der Waals surface area contributed by atoms with Crippen molar-refractivity contribution in [2.24, 2.45) is 5.73 Å².